The van der Waals surface area contributed by atoms with E-state index in [4.69, 9.17) is 0 Å². The normalized spacial score (nSPS) is 11.2. The largest absolute Gasteiger partial charge is 0.307 e. The summed E-state index contributed by atoms with van der Waals surface area (Å²) in [6.45, 7) is 0.0665. The number of nitrogens with one attached hydrogen (secondary N) is 1. The Morgan fingerprint density at radius 1 is 1.19 bits per heavy atom. The molecular formula is C11H11F2N3. The van der Waals surface area contributed by atoms with Gasteiger partial charge in [-0.2, -0.15) is 0 Å². The van der Waals surface area contributed by atoms with E-state index in [1.165, 1.54) is 0 Å². The number of nitrogens with zero attached hydrogens (tertiary/aromatic N) is 2. The first-order valence-electron chi connectivity index (χ1n) is 4.95. The van der Waals surface area contributed by atoms with Gasteiger partial charge in [0.05, 0.1) is 17.6 Å². The Bertz CT molecular complexity index is 468. The number of hydrogen-bond donors (Lipinski definition) is 1. The first-order valence-corrected chi connectivity index (χ1v) is 4.95. The van der Waals surface area contributed by atoms with E-state index in [1.807, 2.05) is 18.2 Å². The molecule has 0 bridgehead atoms. The Morgan fingerprint density at radius 2 is 2.00 bits per heavy atom. The fourth-order valence-electron chi connectivity index (χ4n) is 1.51. The zero-order valence-corrected chi connectivity index (χ0v) is 8.53. The van der Waals surface area contributed by atoms with Crippen LogP contribution < -0.4 is 5.32 Å². The minimum Gasteiger partial charge on any atom is -0.307 e. The number of rotatable bonds is 4. The van der Waals surface area contributed by atoms with Crippen LogP contribution in [-0.2, 0) is 6.54 Å². The standard InChI is InChI=1S/C11H11F2N3/c12-10(13)7-14-6-8-2-1-3-9-11(8)16-5-4-15-9/h1-5,10,14H,6-7H2. The van der Waals surface area contributed by atoms with E-state index in [9.17, 15) is 8.78 Å². The fourth-order valence-corrected chi connectivity index (χ4v) is 1.51. The van der Waals surface area contributed by atoms with Gasteiger partial charge in [-0.15, -0.1) is 0 Å². The van der Waals surface area contributed by atoms with Gasteiger partial charge in [-0.1, -0.05) is 12.1 Å². The van der Waals surface area contributed by atoms with Crippen LogP contribution in [0.2, 0.25) is 0 Å². The minimum absolute atomic E-state index is 0.309. The monoisotopic (exact) mass is 223 g/mol. The SMILES string of the molecule is FC(F)CNCc1cccc2nccnc12. The third-order valence-electron chi connectivity index (χ3n) is 2.20. The number of alkyl halides is 2. The Morgan fingerprint density at radius 3 is 2.81 bits per heavy atom. The Balaban J connectivity index is 2.17. The maximum Gasteiger partial charge on any atom is 0.250 e. The quantitative estimate of drug-likeness (QED) is 0.861. The summed E-state index contributed by atoms with van der Waals surface area (Å²) in [5, 5.41) is 2.68. The van der Waals surface area contributed by atoms with Gasteiger partial charge in [0, 0.05) is 18.9 Å². The predicted molar refractivity (Wildman–Crippen MR) is 57.2 cm³/mol. The average molecular weight is 223 g/mol. The highest BCUT2D eigenvalue weighted by atomic mass is 19.3. The van der Waals surface area contributed by atoms with Gasteiger partial charge in [0.1, 0.15) is 0 Å². The van der Waals surface area contributed by atoms with Crippen molar-refractivity contribution >= 4 is 11.0 Å². The molecule has 84 valence electrons. The second-order valence-electron chi connectivity index (χ2n) is 3.36. The summed E-state index contributed by atoms with van der Waals surface area (Å²) in [5.41, 5.74) is 2.41. The van der Waals surface area contributed by atoms with Crippen LogP contribution in [0.25, 0.3) is 11.0 Å². The summed E-state index contributed by atoms with van der Waals surface area (Å²) >= 11 is 0. The van der Waals surface area contributed by atoms with Crippen molar-refractivity contribution in [3.63, 3.8) is 0 Å². The lowest BCUT2D eigenvalue weighted by molar-refractivity contribution is 0.145. The van der Waals surface area contributed by atoms with E-state index >= 15 is 0 Å². The Kier molecular flexibility index (Phi) is 3.36. The molecule has 1 N–H and O–H groups in total. The summed E-state index contributed by atoms with van der Waals surface area (Å²) in [6.07, 6.45) is 0.874. The molecule has 2 aromatic rings. The van der Waals surface area contributed by atoms with Crippen LogP contribution in [0.3, 0.4) is 0 Å². The van der Waals surface area contributed by atoms with Gasteiger partial charge >= 0.3 is 0 Å². The van der Waals surface area contributed by atoms with E-state index in [0.29, 0.717) is 6.54 Å². The second kappa shape index (κ2) is 4.94. The Labute approximate surface area is 91.5 Å². The van der Waals surface area contributed by atoms with Crippen LogP contribution in [0, 0.1) is 0 Å². The summed E-state index contributed by atoms with van der Waals surface area (Å²) in [6, 6.07) is 5.55. The summed E-state index contributed by atoms with van der Waals surface area (Å²) < 4.78 is 23.9. The Hall–Kier alpha value is -1.62. The number of benzene rings is 1. The molecule has 0 aliphatic heterocycles. The minimum atomic E-state index is -2.33. The molecule has 0 unspecified atom stereocenters. The molecule has 16 heavy (non-hydrogen) atoms. The lowest BCUT2D eigenvalue weighted by Gasteiger charge is -2.06. The van der Waals surface area contributed by atoms with E-state index in [2.05, 4.69) is 15.3 Å². The third kappa shape index (κ3) is 2.49. The first kappa shape index (κ1) is 10.9. The maximum absolute atomic E-state index is 12.0. The van der Waals surface area contributed by atoms with Crippen LogP contribution in [0.15, 0.2) is 30.6 Å². The summed E-state index contributed by atoms with van der Waals surface area (Å²) in [7, 11) is 0. The molecule has 0 saturated carbocycles. The van der Waals surface area contributed by atoms with Crippen molar-refractivity contribution in [2.45, 2.75) is 13.0 Å². The molecular weight excluding hydrogens is 212 g/mol. The lowest BCUT2D eigenvalue weighted by Crippen LogP contribution is -2.20. The topological polar surface area (TPSA) is 37.8 Å². The van der Waals surface area contributed by atoms with E-state index in [1.54, 1.807) is 12.4 Å². The molecule has 0 radical (unpaired) electrons. The molecule has 0 atom stereocenters. The molecule has 0 saturated heterocycles. The maximum atomic E-state index is 12.0. The van der Waals surface area contributed by atoms with E-state index < -0.39 is 6.43 Å². The van der Waals surface area contributed by atoms with Crippen molar-refractivity contribution in [2.24, 2.45) is 0 Å². The van der Waals surface area contributed by atoms with E-state index in [-0.39, 0.29) is 6.54 Å². The van der Waals surface area contributed by atoms with Gasteiger partial charge in [-0.3, -0.25) is 9.97 Å². The molecule has 1 heterocycles. The van der Waals surface area contributed by atoms with Gasteiger partial charge in [0.15, 0.2) is 0 Å². The highest BCUT2D eigenvalue weighted by Gasteiger charge is 2.04. The van der Waals surface area contributed by atoms with Gasteiger partial charge in [-0.25, -0.2) is 8.78 Å². The molecule has 0 aliphatic carbocycles. The number of fused-ring (bicyclic) bond motifs is 1. The molecule has 3 nitrogen and oxygen atoms in total. The molecule has 5 heteroatoms. The molecule has 0 aliphatic rings. The summed E-state index contributed by atoms with van der Waals surface area (Å²) in [5.74, 6) is 0. The van der Waals surface area contributed by atoms with Crippen LogP contribution >= 0.6 is 0 Å². The van der Waals surface area contributed by atoms with Crippen molar-refractivity contribution in [3.05, 3.63) is 36.2 Å². The molecule has 1 aromatic heterocycles. The first-order chi connectivity index (χ1) is 7.77. The van der Waals surface area contributed by atoms with Crippen molar-refractivity contribution in [1.29, 1.82) is 0 Å². The predicted octanol–water partition coefficient (Wildman–Crippen LogP) is 1.98. The van der Waals surface area contributed by atoms with Crippen LogP contribution in [0.1, 0.15) is 5.56 Å². The van der Waals surface area contributed by atoms with Crippen LogP contribution in [0.4, 0.5) is 8.78 Å². The number of para-hydroxylation sites is 1. The number of aromatic nitrogens is 2. The molecule has 0 fully saturated rings. The zero-order valence-electron chi connectivity index (χ0n) is 8.53. The number of halogens is 2. The van der Waals surface area contributed by atoms with Crippen molar-refractivity contribution in [1.82, 2.24) is 15.3 Å². The summed E-state index contributed by atoms with van der Waals surface area (Å²) in [4.78, 5) is 8.34. The van der Waals surface area contributed by atoms with Crippen molar-refractivity contribution in [2.75, 3.05) is 6.54 Å². The van der Waals surface area contributed by atoms with Crippen LogP contribution in [-0.4, -0.2) is 22.9 Å². The zero-order chi connectivity index (χ0) is 11.4. The van der Waals surface area contributed by atoms with Crippen LogP contribution in [0.5, 0.6) is 0 Å². The van der Waals surface area contributed by atoms with Crippen molar-refractivity contribution < 1.29 is 8.78 Å². The molecule has 2 rings (SSSR count). The van der Waals surface area contributed by atoms with Crippen molar-refractivity contribution in [3.8, 4) is 0 Å². The molecule has 0 spiro atoms. The van der Waals surface area contributed by atoms with Gasteiger partial charge in [-0.05, 0) is 11.6 Å². The highest BCUT2D eigenvalue weighted by Crippen LogP contribution is 2.13. The third-order valence-corrected chi connectivity index (χ3v) is 2.20. The molecule has 0 amide bonds. The molecule has 1 aromatic carbocycles. The average Bonchev–Trinajstić information content (AvgIpc) is 2.29. The van der Waals surface area contributed by atoms with Gasteiger partial charge in [0.2, 0.25) is 0 Å². The van der Waals surface area contributed by atoms with E-state index in [0.717, 1.165) is 16.6 Å². The lowest BCUT2D eigenvalue weighted by atomic mass is 10.2. The highest BCUT2D eigenvalue weighted by molar-refractivity contribution is 5.77. The van der Waals surface area contributed by atoms with Gasteiger partial charge < -0.3 is 5.32 Å². The second-order valence-corrected chi connectivity index (χ2v) is 3.36. The fraction of sp³-hybridized carbons (Fsp3) is 0.273. The van der Waals surface area contributed by atoms with Gasteiger partial charge in [0.25, 0.3) is 6.43 Å². The smallest absolute Gasteiger partial charge is 0.250 e. The number of hydrogen-bond acceptors (Lipinski definition) is 3.